The third kappa shape index (κ3) is 5.31. The standard InChI is InChI=1S/C23H30N6OS/c1-17-20(8-9-23(30)24-11-10-19-7-6-14-31-19)18(2)29(27-17)22-15-21(25-16-26-22)28-12-4-3-5-13-28/h6-7,14-16H,3-5,8-13H2,1-2H3,(H,24,30). The maximum Gasteiger partial charge on any atom is 0.220 e. The predicted molar refractivity (Wildman–Crippen MR) is 124 cm³/mol. The van der Waals surface area contributed by atoms with Crippen LogP contribution < -0.4 is 10.2 Å². The van der Waals surface area contributed by atoms with E-state index in [9.17, 15) is 4.79 Å². The maximum atomic E-state index is 12.3. The highest BCUT2D eigenvalue weighted by molar-refractivity contribution is 7.09. The summed E-state index contributed by atoms with van der Waals surface area (Å²) in [6.45, 7) is 6.81. The lowest BCUT2D eigenvalue weighted by Crippen LogP contribution is -2.30. The average Bonchev–Trinajstić information content (AvgIpc) is 3.41. The number of hydrogen-bond acceptors (Lipinski definition) is 6. The van der Waals surface area contributed by atoms with Gasteiger partial charge in [0, 0.05) is 42.7 Å². The van der Waals surface area contributed by atoms with Gasteiger partial charge in [0.05, 0.1) is 5.69 Å². The summed E-state index contributed by atoms with van der Waals surface area (Å²) >= 11 is 1.72. The maximum absolute atomic E-state index is 12.3. The van der Waals surface area contributed by atoms with Gasteiger partial charge in [-0.05, 0) is 63.0 Å². The number of hydrogen-bond donors (Lipinski definition) is 1. The van der Waals surface area contributed by atoms with Crippen molar-refractivity contribution in [3.05, 3.63) is 51.7 Å². The van der Waals surface area contributed by atoms with Crippen molar-refractivity contribution in [2.24, 2.45) is 0 Å². The molecule has 1 saturated heterocycles. The molecule has 0 atom stereocenters. The van der Waals surface area contributed by atoms with Crippen LogP contribution in [0.1, 0.15) is 47.5 Å². The van der Waals surface area contributed by atoms with Crippen molar-refractivity contribution in [3.8, 4) is 5.82 Å². The van der Waals surface area contributed by atoms with Gasteiger partial charge in [0.1, 0.15) is 12.1 Å². The summed E-state index contributed by atoms with van der Waals surface area (Å²) in [7, 11) is 0. The van der Waals surface area contributed by atoms with Gasteiger partial charge in [0.25, 0.3) is 0 Å². The molecular formula is C23H30N6OS. The molecule has 4 rings (SSSR count). The number of rotatable bonds is 8. The first-order valence-electron chi connectivity index (χ1n) is 11.0. The van der Waals surface area contributed by atoms with Gasteiger partial charge in [-0.3, -0.25) is 4.79 Å². The Labute approximate surface area is 187 Å². The summed E-state index contributed by atoms with van der Waals surface area (Å²) in [4.78, 5) is 24.9. The van der Waals surface area contributed by atoms with Crippen LogP contribution in [0.5, 0.6) is 0 Å². The van der Waals surface area contributed by atoms with Crippen LogP contribution in [0.2, 0.25) is 0 Å². The molecule has 164 valence electrons. The van der Waals surface area contributed by atoms with Gasteiger partial charge in [-0.25, -0.2) is 14.6 Å². The highest BCUT2D eigenvalue weighted by Gasteiger charge is 2.17. The molecule has 0 radical (unpaired) electrons. The number of aromatic nitrogens is 4. The predicted octanol–water partition coefficient (Wildman–Crippen LogP) is 3.62. The molecule has 0 aromatic carbocycles. The topological polar surface area (TPSA) is 75.9 Å². The highest BCUT2D eigenvalue weighted by Crippen LogP contribution is 2.22. The summed E-state index contributed by atoms with van der Waals surface area (Å²) in [5.74, 6) is 1.82. The summed E-state index contributed by atoms with van der Waals surface area (Å²) in [6.07, 6.45) is 7.34. The van der Waals surface area contributed by atoms with Crippen molar-refractivity contribution in [3.63, 3.8) is 0 Å². The Bertz CT molecular complexity index is 1010. The zero-order chi connectivity index (χ0) is 21.6. The largest absolute Gasteiger partial charge is 0.356 e. The molecule has 31 heavy (non-hydrogen) atoms. The number of carbonyl (C=O) groups excluding carboxylic acids is 1. The number of carbonyl (C=O) groups is 1. The summed E-state index contributed by atoms with van der Waals surface area (Å²) < 4.78 is 1.88. The lowest BCUT2D eigenvalue weighted by Gasteiger charge is -2.27. The third-order valence-corrected chi connectivity index (χ3v) is 6.79. The molecule has 1 fully saturated rings. The molecule has 7 nitrogen and oxygen atoms in total. The molecule has 3 aromatic heterocycles. The minimum absolute atomic E-state index is 0.0810. The van der Waals surface area contributed by atoms with Crippen LogP contribution in [0.3, 0.4) is 0 Å². The monoisotopic (exact) mass is 438 g/mol. The molecule has 4 heterocycles. The van der Waals surface area contributed by atoms with Gasteiger partial charge in [-0.2, -0.15) is 5.10 Å². The first kappa shape index (κ1) is 21.5. The number of amides is 1. The Morgan fingerprint density at radius 2 is 1.94 bits per heavy atom. The molecule has 0 saturated carbocycles. The molecule has 0 spiro atoms. The fourth-order valence-corrected chi connectivity index (χ4v) is 4.82. The van der Waals surface area contributed by atoms with E-state index in [0.717, 1.165) is 48.1 Å². The molecule has 1 amide bonds. The number of thiophene rings is 1. The second-order valence-electron chi connectivity index (χ2n) is 8.02. The summed E-state index contributed by atoms with van der Waals surface area (Å²) in [6, 6.07) is 6.16. The van der Waals surface area contributed by atoms with Crippen molar-refractivity contribution in [2.45, 2.75) is 52.4 Å². The number of anilines is 1. The Balaban J connectivity index is 1.38. The molecule has 1 aliphatic heterocycles. The Morgan fingerprint density at radius 3 is 2.71 bits per heavy atom. The van der Waals surface area contributed by atoms with E-state index in [0.29, 0.717) is 19.4 Å². The minimum Gasteiger partial charge on any atom is -0.356 e. The van der Waals surface area contributed by atoms with Crippen LogP contribution in [0, 0.1) is 13.8 Å². The Kier molecular flexibility index (Phi) is 6.96. The lowest BCUT2D eigenvalue weighted by molar-refractivity contribution is -0.121. The van der Waals surface area contributed by atoms with Gasteiger partial charge in [-0.15, -0.1) is 11.3 Å². The molecular weight excluding hydrogens is 408 g/mol. The van der Waals surface area contributed by atoms with Crippen molar-refractivity contribution < 1.29 is 4.79 Å². The third-order valence-electron chi connectivity index (χ3n) is 5.85. The Morgan fingerprint density at radius 1 is 1.13 bits per heavy atom. The van der Waals surface area contributed by atoms with Gasteiger partial charge in [0.15, 0.2) is 5.82 Å². The summed E-state index contributed by atoms with van der Waals surface area (Å²) in [5, 5.41) is 9.81. The number of aryl methyl sites for hydroxylation is 1. The van der Waals surface area contributed by atoms with Gasteiger partial charge in [0.2, 0.25) is 5.91 Å². The van der Waals surface area contributed by atoms with E-state index in [1.165, 1.54) is 24.1 Å². The van der Waals surface area contributed by atoms with E-state index in [4.69, 9.17) is 5.10 Å². The Hall–Kier alpha value is -2.74. The van der Waals surface area contributed by atoms with Crippen LogP contribution in [0.4, 0.5) is 5.82 Å². The number of piperidine rings is 1. The first-order valence-corrected chi connectivity index (χ1v) is 11.9. The second kappa shape index (κ2) is 10.0. The van der Waals surface area contributed by atoms with Gasteiger partial charge in [-0.1, -0.05) is 6.07 Å². The zero-order valence-corrected chi connectivity index (χ0v) is 19.1. The van der Waals surface area contributed by atoms with E-state index in [1.807, 2.05) is 30.7 Å². The van der Waals surface area contributed by atoms with Crippen LogP contribution >= 0.6 is 11.3 Å². The lowest BCUT2D eigenvalue weighted by atomic mass is 10.1. The quantitative estimate of drug-likeness (QED) is 0.581. The minimum atomic E-state index is 0.0810. The van der Waals surface area contributed by atoms with Gasteiger partial charge >= 0.3 is 0 Å². The fourth-order valence-electron chi connectivity index (χ4n) is 4.12. The molecule has 3 aromatic rings. The van der Waals surface area contributed by atoms with Crippen molar-refractivity contribution in [1.82, 2.24) is 25.1 Å². The smallest absolute Gasteiger partial charge is 0.220 e. The number of nitrogens with zero attached hydrogens (tertiary/aromatic N) is 5. The first-order chi connectivity index (χ1) is 15.1. The average molecular weight is 439 g/mol. The number of nitrogens with one attached hydrogen (secondary N) is 1. The molecule has 8 heteroatoms. The van der Waals surface area contributed by atoms with E-state index >= 15 is 0 Å². The fraction of sp³-hybridized carbons (Fsp3) is 0.478. The molecule has 1 aliphatic rings. The van der Waals surface area contributed by atoms with E-state index in [1.54, 1.807) is 17.7 Å². The molecule has 1 N–H and O–H groups in total. The van der Waals surface area contributed by atoms with E-state index in [2.05, 4.69) is 31.6 Å². The van der Waals surface area contributed by atoms with Gasteiger partial charge < -0.3 is 10.2 Å². The molecule has 0 aliphatic carbocycles. The molecule has 0 unspecified atom stereocenters. The summed E-state index contributed by atoms with van der Waals surface area (Å²) in [5.41, 5.74) is 3.10. The second-order valence-corrected chi connectivity index (χ2v) is 9.05. The van der Waals surface area contributed by atoms with Crippen LogP contribution in [-0.4, -0.2) is 45.3 Å². The van der Waals surface area contributed by atoms with E-state index < -0.39 is 0 Å². The van der Waals surface area contributed by atoms with E-state index in [-0.39, 0.29) is 5.91 Å². The van der Waals surface area contributed by atoms with Crippen LogP contribution in [0.15, 0.2) is 29.9 Å². The zero-order valence-electron chi connectivity index (χ0n) is 18.3. The van der Waals surface area contributed by atoms with Crippen molar-refractivity contribution in [2.75, 3.05) is 24.5 Å². The van der Waals surface area contributed by atoms with Crippen molar-refractivity contribution >= 4 is 23.1 Å². The van der Waals surface area contributed by atoms with Crippen molar-refractivity contribution in [1.29, 1.82) is 0 Å². The SMILES string of the molecule is Cc1nn(-c2cc(N3CCCCC3)ncn2)c(C)c1CCC(=O)NCCc1cccs1. The highest BCUT2D eigenvalue weighted by atomic mass is 32.1. The molecule has 0 bridgehead atoms. The van der Waals surface area contributed by atoms with Crippen LogP contribution in [-0.2, 0) is 17.6 Å². The normalized spacial score (nSPS) is 14.1. The van der Waals surface area contributed by atoms with Crippen LogP contribution in [0.25, 0.3) is 5.82 Å².